The van der Waals surface area contributed by atoms with Crippen LogP contribution < -0.4 is 21.3 Å². The highest BCUT2D eigenvalue weighted by atomic mass is 19.2. The zero-order valence-electron chi connectivity index (χ0n) is 15.7. The number of aliphatic imine (C=N–C) groups is 1. The molecule has 0 aliphatic carbocycles. The Kier molecular flexibility index (Phi) is 8.07. The first kappa shape index (κ1) is 22.3. The van der Waals surface area contributed by atoms with Gasteiger partial charge < -0.3 is 21.3 Å². The first-order valence-corrected chi connectivity index (χ1v) is 8.30. The van der Waals surface area contributed by atoms with Crippen LogP contribution >= 0.6 is 0 Å². The highest BCUT2D eigenvalue weighted by Gasteiger charge is 2.16. The van der Waals surface area contributed by atoms with E-state index < -0.39 is 35.6 Å². The molecule has 1 aromatic rings. The van der Waals surface area contributed by atoms with Gasteiger partial charge in [-0.2, -0.15) is 0 Å². The van der Waals surface area contributed by atoms with E-state index in [1.807, 2.05) is 20.8 Å². The molecule has 0 heterocycles. The summed E-state index contributed by atoms with van der Waals surface area (Å²) in [5.74, 6) is -5.32. The third-order valence-corrected chi connectivity index (χ3v) is 2.97. The molecule has 0 atom stereocenters. The number of halogens is 3. The lowest BCUT2D eigenvalue weighted by atomic mass is 10.1. The van der Waals surface area contributed by atoms with Crippen LogP contribution in [0.25, 0.3) is 0 Å². The second-order valence-corrected chi connectivity index (χ2v) is 6.62. The molecular weight excluding hydrogens is 363 g/mol. The van der Waals surface area contributed by atoms with Gasteiger partial charge in [0.05, 0.1) is 12.2 Å². The van der Waals surface area contributed by atoms with E-state index in [1.165, 1.54) is 0 Å². The molecule has 0 fully saturated rings. The van der Waals surface area contributed by atoms with Crippen molar-refractivity contribution in [3.63, 3.8) is 0 Å². The lowest BCUT2D eigenvalue weighted by molar-refractivity contribution is -0.121. The van der Waals surface area contributed by atoms with Crippen LogP contribution in [0.1, 0.15) is 27.7 Å². The van der Waals surface area contributed by atoms with Gasteiger partial charge in [-0.25, -0.2) is 18.2 Å². The third-order valence-electron chi connectivity index (χ3n) is 2.97. The van der Waals surface area contributed by atoms with E-state index >= 15 is 0 Å². The standard InChI is InChI=1S/C17H24F3N5O2/c1-5-21-16(23-9-13(27)25-17(2,3)4)22-8-12(26)24-11-7-6-10(18)14(19)15(11)20/h6-7H,5,8-9H2,1-4H3,(H,24,26)(H,25,27)(H2,21,22,23). The average molecular weight is 387 g/mol. The van der Waals surface area contributed by atoms with Crippen molar-refractivity contribution in [2.24, 2.45) is 4.99 Å². The van der Waals surface area contributed by atoms with Crippen molar-refractivity contribution in [2.45, 2.75) is 33.2 Å². The number of guanidine groups is 1. The van der Waals surface area contributed by atoms with Gasteiger partial charge in [0.2, 0.25) is 11.8 Å². The van der Waals surface area contributed by atoms with Gasteiger partial charge in [-0.3, -0.25) is 9.59 Å². The van der Waals surface area contributed by atoms with Crippen molar-refractivity contribution in [1.82, 2.24) is 16.0 Å². The van der Waals surface area contributed by atoms with Crippen molar-refractivity contribution in [1.29, 1.82) is 0 Å². The van der Waals surface area contributed by atoms with E-state index in [2.05, 4.69) is 26.3 Å². The molecule has 150 valence electrons. The Morgan fingerprint density at radius 3 is 2.30 bits per heavy atom. The molecule has 10 heteroatoms. The second-order valence-electron chi connectivity index (χ2n) is 6.62. The Bertz CT molecular complexity index is 717. The summed E-state index contributed by atoms with van der Waals surface area (Å²) < 4.78 is 39.6. The number of hydrogen-bond acceptors (Lipinski definition) is 3. The van der Waals surface area contributed by atoms with Gasteiger partial charge in [-0.1, -0.05) is 0 Å². The van der Waals surface area contributed by atoms with Gasteiger partial charge in [-0.05, 0) is 39.8 Å². The minimum Gasteiger partial charge on any atom is -0.357 e. The Labute approximate surface area is 155 Å². The number of rotatable bonds is 6. The summed E-state index contributed by atoms with van der Waals surface area (Å²) in [6.45, 7) is 7.30. The van der Waals surface area contributed by atoms with E-state index in [-0.39, 0.29) is 24.0 Å². The SMILES string of the molecule is CCNC(=NCC(=O)Nc1ccc(F)c(F)c1F)NCC(=O)NC(C)(C)C. The minimum atomic E-state index is -1.67. The minimum absolute atomic E-state index is 0.0669. The van der Waals surface area contributed by atoms with Crippen LogP contribution in [0.15, 0.2) is 17.1 Å². The van der Waals surface area contributed by atoms with E-state index in [1.54, 1.807) is 6.92 Å². The summed E-state index contributed by atoms with van der Waals surface area (Å²) in [6, 6.07) is 1.62. The first-order valence-electron chi connectivity index (χ1n) is 8.30. The fourth-order valence-electron chi connectivity index (χ4n) is 1.93. The zero-order chi connectivity index (χ0) is 20.6. The maximum absolute atomic E-state index is 13.6. The summed E-state index contributed by atoms with van der Waals surface area (Å²) in [4.78, 5) is 27.6. The Morgan fingerprint density at radius 1 is 1.04 bits per heavy atom. The maximum Gasteiger partial charge on any atom is 0.246 e. The number of nitrogens with one attached hydrogen (secondary N) is 4. The molecule has 0 spiro atoms. The molecule has 0 saturated carbocycles. The summed E-state index contributed by atoms with van der Waals surface area (Å²) >= 11 is 0. The van der Waals surface area contributed by atoms with Gasteiger partial charge in [0, 0.05) is 12.1 Å². The molecule has 27 heavy (non-hydrogen) atoms. The van der Waals surface area contributed by atoms with Crippen LogP contribution in [0.5, 0.6) is 0 Å². The molecular formula is C17H24F3N5O2. The number of hydrogen-bond donors (Lipinski definition) is 4. The number of carbonyl (C=O) groups is 2. The van der Waals surface area contributed by atoms with Gasteiger partial charge in [0.1, 0.15) is 6.54 Å². The van der Waals surface area contributed by atoms with E-state index in [4.69, 9.17) is 0 Å². The summed E-state index contributed by atoms with van der Waals surface area (Å²) in [5.41, 5.74) is -0.876. The predicted octanol–water partition coefficient (Wildman–Crippen LogP) is 1.51. The summed E-state index contributed by atoms with van der Waals surface area (Å²) in [6.07, 6.45) is 0. The molecule has 4 N–H and O–H groups in total. The lowest BCUT2D eigenvalue weighted by Crippen LogP contribution is -2.48. The number of anilines is 1. The van der Waals surface area contributed by atoms with Crippen molar-refractivity contribution in [2.75, 3.05) is 25.0 Å². The molecule has 7 nitrogen and oxygen atoms in total. The molecule has 0 aliphatic rings. The fraction of sp³-hybridized carbons (Fsp3) is 0.471. The topological polar surface area (TPSA) is 94.6 Å². The monoisotopic (exact) mass is 387 g/mol. The molecule has 0 bridgehead atoms. The second kappa shape index (κ2) is 9.79. The lowest BCUT2D eigenvalue weighted by Gasteiger charge is -2.21. The van der Waals surface area contributed by atoms with Crippen molar-refractivity contribution in [3.05, 3.63) is 29.6 Å². The molecule has 0 aliphatic heterocycles. The largest absolute Gasteiger partial charge is 0.357 e. The van der Waals surface area contributed by atoms with Crippen LogP contribution in [-0.4, -0.2) is 42.9 Å². The molecule has 1 rings (SSSR count). The zero-order valence-corrected chi connectivity index (χ0v) is 15.7. The van der Waals surface area contributed by atoms with Crippen molar-refractivity contribution < 1.29 is 22.8 Å². The molecule has 2 amide bonds. The molecule has 0 radical (unpaired) electrons. The van der Waals surface area contributed by atoms with Gasteiger partial charge >= 0.3 is 0 Å². The number of benzene rings is 1. The average Bonchev–Trinajstić information content (AvgIpc) is 2.56. The van der Waals surface area contributed by atoms with Gasteiger partial charge in [-0.15, -0.1) is 0 Å². The van der Waals surface area contributed by atoms with Crippen LogP contribution in [0.3, 0.4) is 0 Å². The quantitative estimate of drug-likeness (QED) is 0.338. The van der Waals surface area contributed by atoms with Gasteiger partial charge in [0.15, 0.2) is 23.4 Å². The number of nitrogens with zero attached hydrogens (tertiary/aromatic N) is 1. The Balaban J connectivity index is 2.65. The number of amides is 2. The highest BCUT2D eigenvalue weighted by Crippen LogP contribution is 2.19. The first-order chi connectivity index (χ1) is 12.5. The van der Waals surface area contributed by atoms with Crippen LogP contribution in [0, 0.1) is 17.5 Å². The smallest absolute Gasteiger partial charge is 0.246 e. The van der Waals surface area contributed by atoms with Gasteiger partial charge in [0.25, 0.3) is 0 Å². The summed E-state index contributed by atoms with van der Waals surface area (Å²) in [7, 11) is 0. The van der Waals surface area contributed by atoms with E-state index in [9.17, 15) is 22.8 Å². The van der Waals surface area contributed by atoms with Crippen molar-refractivity contribution >= 4 is 23.5 Å². The maximum atomic E-state index is 13.6. The Morgan fingerprint density at radius 2 is 1.70 bits per heavy atom. The molecule has 0 unspecified atom stereocenters. The number of carbonyl (C=O) groups excluding carboxylic acids is 2. The van der Waals surface area contributed by atoms with Crippen LogP contribution in [0.2, 0.25) is 0 Å². The molecule has 0 saturated heterocycles. The molecule has 0 aromatic heterocycles. The van der Waals surface area contributed by atoms with E-state index in [0.29, 0.717) is 12.6 Å². The predicted molar refractivity (Wildman–Crippen MR) is 96.8 cm³/mol. The molecule has 1 aromatic carbocycles. The third kappa shape index (κ3) is 7.97. The van der Waals surface area contributed by atoms with E-state index in [0.717, 1.165) is 6.07 Å². The normalized spacial score (nSPS) is 11.7. The summed E-state index contributed by atoms with van der Waals surface area (Å²) in [5, 5.41) is 10.5. The van der Waals surface area contributed by atoms with Crippen LogP contribution in [0.4, 0.5) is 18.9 Å². The fourth-order valence-corrected chi connectivity index (χ4v) is 1.93. The van der Waals surface area contributed by atoms with Crippen molar-refractivity contribution in [3.8, 4) is 0 Å². The Hall–Kier alpha value is -2.78. The van der Waals surface area contributed by atoms with Crippen LogP contribution in [-0.2, 0) is 9.59 Å². The highest BCUT2D eigenvalue weighted by molar-refractivity contribution is 5.94.